The summed E-state index contributed by atoms with van der Waals surface area (Å²) >= 11 is 1.59. The summed E-state index contributed by atoms with van der Waals surface area (Å²) in [6, 6.07) is 14.6. The Morgan fingerprint density at radius 3 is 2.75 bits per heavy atom. The van der Waals surface area contributed by atoms with Crippen LogP contribution in [0.2, 0.25) is 0 Å². The number of rotatable bonds is 5. The van der Waals surface area contributed by atoms with E-state index in [1.165, 1.54) is 0 Å². The van der Waals surface area contributed by atoms with Gasteiger partial charge in [0, 0.05) is 12.5 Å². The van der Waals surface area contributed by atoms with Crippen molar-refractivity contribution in [2.45, 2.75) is 19.4 Å². The molecule has 2 aromatic carbocycles. The molecule has 2 heterocycles. The van der Waals surface area contributed by atoms with E-state index in [2.05, 4.69) is 15.3 Å². The van der Waals surface area contributed by atoms with Crippen LogP contribution < -0.4 is 16.6 Å². The number of aromatic nitrogens is 3. The molecule has 1 atom stereocenters. The van der Waals surface area contributed by atoms with Crippen LogP contribution in [0.3, 0.4) is 0 Å². The highest BCUT2D eigenvalue weighted by atomic mass is 32.1. The standard InChI is InChI=1S/C20H18N4O3S/c1-12(18-22-15-8-4-5-9-16(15)28-18)10-21-17(25)11-24-19(26)13-6-2-3-7-14(13)23-20(24)27/h2-9,12H,10-11H2,1H3,(H,21,25)(H,23,27). The number of hydrogen-bond donors (Lipinski definition) is 2. The first-order valence-electron chi connectivity index (χ1n) is 8.87. The molecular formula is C20H18N4O3S. The third-order valence-electron chi connectivity index (χ3n) is 4.53. The fourth-order valence-electron chi connectivity index (χ4n) is 3.00. The second-order valence-electron chi connectivity index (χ2n) is 6.59. The summed E-state index contributed by atoms with van der Waals surface area (Å²) in [5.41, 5.74) is 0.320. The van der Waals surface area contributed by atoms with Crippen LogP contribution >= 0.6 is 11.3 Å². The minimum Gasteiger partial charge on any atom is -0.354 e. The number of nitrogens with zero attached hydrogens (tertiary/aromatic N) is 2. The van der Waals surface area contributed by atoms with Crippen LogP contribution in [-0.2, 0) is 11.3 Å². The van der Waals surface area contributed by atoms with Crippen LogP contribution in [0.5, 0.6) is 0 Å². The normalized spacial score (nSPS) is 12.3. The van der Waals surface area contributed by atoms with Crippen molar-refractivity contribution < 1.29 is 4.79 Å². The van der Waals surface area contributed by atoms with E-state index >= 15 is 0 Å². The smallest absolute Gasteiger partial charge is 0.329 e. The van der Waals surface area contributed by atoms with Crippen molar-refractivity contribution in [3.63, 3.8) is 0 Å². The number of benzene rings is 2. The molecule has 2 aromatic heterocycles. The number of thiazole rings is 1. The van der Waals surface area contributed by atoms with Crippen LogP contribution in [0, 0.1) is 0 Å². The van der Waals surface area contributed by atoms with Crippen LogP contribution in [0.25, 0.3) is 21.1 Å². The number of nitrogens with one attached hydrogen (secondary N) is 2. The van der Waals surface area contributed by atoms with E-state index in [9.17, 15) is 14.4 Å². The van der Waals surface area contributed by atoms with Gasteiger partial charge in [0.2, 0.25) is 5.91 Å². The van der Waals surface area contributed by atoms with Crippen molar-refractivity contribution in [3.05, 3.63) is 74.4 Å². The molecule has 1 unspecified atom stereocenters. The fourth-order valence-corrected chi connectivity index (χ4v) is 4.02. The van der Waals surface area contributed by atoms with E-state index in [-0.39, 0.29) is 12.5 Å². The average molecular weight is 394 g/mol. The first-order chi connectivity index (χ1) is 13.5. The largest absolute Gasteiger partial charge is 0.354 e. The Morgan fingerprint density at radius 2 is 1.93 bits per heavy atom. The lowest BCUT2D eigenvalue weighted by molar-refractivity contribution is -0.121. The number of H-pyrrole nitrogens is 1. The van der Waals surface area contributed by atoms with Crippen LogP contribution in [0.4, 0.5) is 0 Å². The Balaban J connectivity index is 1.47. The van der Waals surface area contributed by atoms with Crippen molar-refractivity contribution in [2.75, 3.05) is 6.54 Å². The Morgan fingerprint density at radius 1 is 1.18 bits per heavy atom. The number of fused-ring (bicyclic) bond motifs is 2. The van der Waals surface area contributed by atoms with Crippen LogP contribution in [0.15, 0.2) is 58.1 Å². The minimum absolute atomic E-state index is 0.0213. The molecule has 142 valence electrons. The average Bonchev–Trinajstić information content (AvgIpc) is 3.13. The van der Waals surface area contributed by atoms with Crippen molar-refractivity contribution in [1.82, 2.24) is 19.9 Å². The Bertz CT molecular complexity index is 1250. The summed E-state index contributed by atoms with van der Waals surface area (Å²) < 4.78 is 2.02. The third-order valence-corrected chi connectivity index (χ3v) is 5.80. The second kappa shape index (κ2) is 7.40. The Labute approximate surface area is 163 Å². The van der Waals surface area contributed by atoms with Gasteiger partial charge in [-0.05, 0) is 24.3 Å². The first-order valence-corrected chi connectivity index (χ1v) is 9.68. The van der Waals surface area contributed by atoms with Gasteiger partial charge in [-0.1, -0.05) is 31.2 Å². The number of hydrogen-bond acceptors (Lipinski definition) is 5. The highest BCUT2D eigenvalue weighted by Crippen LogP contribution is 2.26. The number of aromatic amines is 1. The van der Waals surface area contributed by atoms with Gasteiger partial charge < -0.3 is 10.3 Å². The fraction of sp³-hybridized carbons (Fsp3) is 0.200. The molecule has 0 radical (unpaired) electrons. The predicted molar refractivity (Wildman–Crippen MR) is 110 cm³/mol. The molecule has 8 heteroatoms. The summed E-state index contributed by atoms with van der Waals surface area (Å²) in [5, 5.41) is 4.10. The molecule has 0 aliphatic heterocycles. The lowest BCUT2D eigenvalue weighted by Crippen LogP contribution is -2.41. The van der Waals surface area contributed by atoms with E-state index in [1.54, 1.807) is 35.6 Å². The molecule has 1 amide bonds. The van der Waals surface area contributed by atoms with Crippen molar-refractivity contribution in [3.8, 4) is 0 Å². The maximum absolute atomic E-state index is 12.5. The predicted octanol–water partition coefficient (Wildman–Crippen LogP) is 2.22. The zero-order valence-corrected chi connectivity index (χ0v) is 16.0. The van der Waals surface area contributed by atoms with Gasteiger partial charge in [-0.15, -0.1) is 11.3 Å². The lowest BCUT2D eigenvalue weighted by atomic mass is 10.2. The second-order valence-corrected chi connectivity index (χ2v) is 7.65. The summed E-state index contributed by atoms with van der Waals surface area (Å²) in [4.78, 5) is 44.2. The lowest BCUT2D eigenvalue weighted by Gasteiger charge is -2.11. The minimum atomic E-state index is -0.599. The Hall–Kier alpha value is -3.26. The molecule has 0 saturated carbocycles. The van der Waals surface area contributed by atoms with Gasteiger partial charge in [-0.2, -0.15) is 0 Å². The summed E-state index contributed by atoms with van der Waals surface area (Å²) in [7, 11) is 0. The van der Waals surface area contributed by atoms with E-state index in [0.717, 1.165) is 19.8 Å². The van der Waals surface area contributed by atoms with Crippen molar-refractivity contribution in [1.29, 1.82) is 0 Å². The molecule has 28 heavy (non-hydrogen) atoms. The maximum atomic E-state index is 12.5. The van der Waals surface area contributed by atoms with Gasteiger partial charge in [-0.3, -0.25) is 14.2 Å². The molecule has 0 aliphatic carbocycles. The van der Waals surface area contributed by atoms with Gasteiger partial charge in [0.15, 0.2) is 0 Å². The van der Waals surface area contributed by atoms with Crippen LogP contribution in [-0.4, -0.2) is 27.0 Å². The van der Waals surface area contributed by atoms with Gasteiger partial charge in [0.25, 0.3) is 5.56 Å². The number of carbonyl (C=O) groups excluding carboxylic acids is 1. The Kier molecular flexibility index (Phi) is 4.79. The summed E-state index contributed by atoms with van der Waals surface area (Å²) in [5.74, 6) is -0.371. The zero-order chi connectivity index (χ0) is 19.7. The van der Waals surface area contributed by atoms with Crippen molar-refractivity contribution >= 4 is 38.4 Å². The highest BCUT2D eigenvalue weighted by Gasteiger charge is 2.15. The number of carbonyl (C=O) groups is 1. The summed E-state index contributed by atoms with van der Waals surface area (Å²) in [6.45, 7) is 2.03. The topological polar surface area (TPSA) is 96.9 Å². The SMILES string of the molecule is CC(CNC(=O)Cn1c(=O)[nH]c2ccccc2c1=O)c1nc2ccccc2s1. The summed E-state index contributed by atoms with van der Waals surface area (Å²) in [6.07, 6.45) is 0. The molecule has 0 bridgehead atoms. The van der Waals surface area contributed by atoms with E-state index in [0.29, 0.717) is 17.4 Å². The molecule has 4 rings (SSSR count). The molecular weight excluding hydrogens is 376 g/mol. The third kappa shape index (κ3) is 3.46. The van der Waals surface area contributed by atoms with Gasteiger partial charge in [-0.25, -0.2) is 9.78 Å². The van der Waals surface area contributed by atoms with E-state index in [1.807, 2.05) is 31.2 Å². The van der Waals surface area contributed by atoms with Gasteiger partial charge in [0.05, 0.1) is 26.1 Å². The number of para-hydroxylation sites is 2. The van der Waals surface area contributed by atoms with E-state index < -0.39 is 17.2 Å². The maximum Gasteiger partial charge on any atom is 0.329 e. The van der Waals surface area contributed by atoms with Crippen LogP contribution in [0.1, 0.15) is 17.8 Å². The zero-order valence-electron chi connectivity index (χ0n) is 15.1. The monoisotopic (exact) mass is 394 g/mol. The molecule has 0 aliphatic rings. The molecule has 0 saturated heterocycles. The van der Waals surface area contributed by atoms with Gasteiger partial charge in [0.1, 0.15) is 6.54 Å². The van der Waals surface area contributed by atoms with Crippen molar-refractivity contribution in [2.24, 2.45) is 0 Å². The molecule has 0 spiro atoms. The van der Waals surface area contributed by atoms with E-state index in [4.69, 9.17) is 0 Å². The molecule has 7 nitrogen and oxygen atoms in total. The molecule has 0 fully saturated rings. The van der Waals surface area contributed by atoms with Gasteiger partial charge >= 0.3 is 5.69 Å². The molecule has 2 N–H and O–H groups in total. The molecule has 4 aromatic rings. The first kappa shape index (κ1) is 18.1. The quantitative estimate of drug-likeness (QED) is 0.542. The number of amides is 1. The highest BCUT2D eigenvalue weighted by molar-refractivity contribution is 7.18.